The Balaban J connectivity index is 2.64. The second-order valence-electron chi connectivity index (χ2n) is 4.71. The molecule has 0 bridgehead atoms. The van der Waals surface area contributed by atoms with E-state index in [-0.39, 0.29) is 0 Å². The molecule has 0 nitrogen and oxygen atoms in total. The molecular weight excluding hydrogens is 228 g/mol. The molecule has 0 aromatic carbocycles. The number of rotatable bonds is 6. The predicted octanol–water partition coefficient (Wildman–Crippen LogP) is 5.62. The smallest absolute Gasteiger partial charge is 0.0236 e. The second kappa shape index (κ2) is 7.38. The van der Waals surface area contributed by atoms with E-state index in [0.29, 0.717) is 0 Å². The van der Waals surface area contributed by atoms with Crippen LogP contribution in [0, 0.1) is 0 Å². The highest BCUT2D eigenvalue weighted by molar-refractivity contribution is 5.48. The van der Waals surface area contributed by atoms with Gasteiger partial charge in [-0.3, -0.25) is 0 Å². The van der Waals surface area contributed by atoms with Gasteiger partial charge < -0.3 is 0 Å². The van der Waals surface area contributed by atoms with Crippen LogP contribution in [-0.4, -0.2) is 0 Å². The fraction of sp³-hybridized carbons (Fsp3) is 0.158. The van der Waals surface area contributed by atoms with Crippen LogP contribution in [0.2, 0.25) is 0 Å². The van der Waals surface area contributed by atoms with Gasteiger partial charge >= 0.3 is 0 Å². The maximum atomic E-state index is 4.11. The van der Waals surface area contributed by atoms with E-state index in [1.54, 1.807) is 6.08 Å². The summed E-state index contributed by atoms with van der Waals surface area (Å²) >= 11 is 0. The number of allylic oxidation sites excluding steroid dienone is 12. The quantitative estimate of drug-likeness (QED) is 0.537. The van der Waals surface area contributed by atoms with Gasteiger partial charge in [0, 0.05) is 0 Å². The van der Waals surface area contributed by atoms with Crippen molar-refractivity contribution in [1.29, 1.82) is 0 Å². The van der Waals surface area contributed by atoms with E-state index >= 15 is 0 Å². The van der Waals surface area contributed by atoms with Crippen LogP contribution in [0.5, 0.6) is 0 Å². The van der Waals surface area contributed by atoms with Gasteiger partial charge in [0.2, 0.25) is 0 Å². The van der Waals surface area contributed by atoms with Gasteiger partial charge in [-0.1, -0.05) is 74.4 Å². The molecule has 0 fully saturated rings. The zero-order valence-corrected chi connectivity index (χ0v) is 11.8. The fourth-order valence-electron chi connectivity index (χ4n) is 1.72. The van der Waals surface area contributed by atoms with Crippen molar-refractivity contribution in [2.75, 3.05) is 0 Å². The third kappa shape index (κ3) is 4.97. The lowest BCUT2D eigenvalue weighted by atomic mass is 9.94. The van der Waals surface area contributed by atoms with Gasteiger partial charge in [-0.15, -0.1) is 0 Å². The Labute approximate surface area is 117 Å². The third-order valence-corrected chi connectivity index (χ3v) is 3.10. The van der Waals surface area contributed by atoms with Crippen LogP contribution in [0.15, 0.2) is 96.7 Å². The summed E-state index contributed by atoms with van der Waals surface area (Å²) in [5.41, 5.74) is 5.54. The van der Waals surface area contributed by atoms with Crippen molar-refractivity contribution in [3.8, 4) is 0 Å². The van der Waals surface area contributed by atoms with E-state index in [4.69, 9.17) is 0 Å². The zero-order valence-electron chi connectivity index (χ0n) is 11.8. The van der Waals surface area contributed by atoms with Gasteiger partial charge in [-0.2, -0.15) is 0 Å². The van der Waals surface area contributed by atoms with E-state index in [1.165, 1.54) is 11.1 Å². The third-order valence-electron chi connectivity index (χ3n) is 3.10. The topological polar surface area (TPSA) is 0 Å². The lowest BCUT2D eigenvalue weighted by Gasteiger charge is -2.12. The monoisotopic (exact) mass is 250 g/mol. The Bertz CT molecular complexity index is 516. The van der Waals surface area contributed by atoms with Crippen LogP contribution in [0.3, 0.4) is 0 Å². The van der Waals surface area contributed by atoms with E-state index in [1.807, 2.05) is 24.3 Å². The highest BCUT2D eigenvalue weighted by Crippen LogP contribution is 2.24. The molecule has 1 aliphatic rings. The van der Waals surface area contributed by atoms with Gasteiger partial charge in [-0.05, 0) is 42.1 Å². The largest absolute Gasteiger partial charge is 0.0991 e. The van der Waals surface area contributed by atoms with E-state index in [2.05, 4.69) is 45.4 Å². The molecule has 0 aromatic rings. The van der Waals surface area contributed by atoms with Crippen LogP contribution >= 0.6 is 0 Å². The van der Waals surface area contributed by atoms with Crippen molar-refractivity contribution in [2.45, 2.75) is 19.8 Å². The van der Waals surface area contributed by atoms with Crippen molar-refractivity contribution < 1.29 is 0 Å². The maximum Gasteiger partial charge on any atom is -0.0236 e. The molecule has 1 aliphatic carbocycles. The Morgan fingerprint density at radius 1 is 1.00 bits per heavy atom. The molecule has 0 heterocycles. The summed E-state index contributed by atoms with van der Waals surface area (Å²) in [4.78, 5) is 0. The van der Waals surface area contributed by atoms with Crippen molar-refractivity contribution in [1.82, 2.24) is 0 Å². The summed E-state index contributed by atoms with van der Waals surface area (Å²) in [6.45, 7) is 17.8. The summed E-state index contributed by atoms with van der Waals surface area (Å²) in [6, 6.07) is 0. The molecule has 0 saturated heterocycles. The molecule has 0 aromatic heterocycles. The van der Waals surface area contributed by atoms with E-state index < -0.39 is 0 Å². The first-order valence-corrected chi connectivity index (χ1v) is 6.45. The molecule has 0 unspecified atom stereocenters. The Hall–Kier alpha value is -2.08. The van der Waals surface area contributed by atoms with Crippen molar-refractivity contribution in [3.63, 3.8) is 0 Å². The molecule has 0 N–H and O–H groups in total. The molecule has 0 saturated carbocycles. The van der Waals surface area contributed by atoms with Crippen LogP contribution < -0.4 is 0 Å². The summed E-state index contributed by atoms with van der Waals surface area (Å²) < 4.78 is 0. The minimum atomic E-state index is 0.886. The minimum absolute atomic E-state index is 0.886. The zero-order chi connectivity index (χ0) is 14.3. The van der Waals surface area contributed by atoms with E-state index in [9.17, 15) is 0 Å². The highest BCUT2D eigenvalue weighted by Gasteiger charge is 2.04. The Morgan fingerprint density at radius 3 is 2.26 bits per heavy atom. The van der Waals surface area contributed by atoms with Crippen LogP contribution in [0.25, 0.3) is 0 Å². The Kier molecular flexibility index (Phi) is 5.81. The first-order valence-electron chi connectivity index (χ1n) is 6.45. The molecule has 0 spiro atoms. The van der Waals surface area contributed by atoms with Crippen LogP contribution in [0.4, 0.5) is 0 Å². The second-order valence-corrected chi connectivity index (χ2v) is 4.71. The molecule has 0 aliphatic heterocycles. The highest BCUT2D eigenvalue weighted by atomic mass is 14.1. The summed E-state index contributed by atoms with van der Waals surface area (Å²) in [6.07, 6.45) is 16.0. The molecule has 98 valence electrons. The first kappa shape index (κ1) is 15.0. The average Bonchev–Trinajstić information content (AvgIpc) is 2.42. The van der Waals surface area contributed by atoms with Gasteiger partial charge in [0.15, 0.2) is 0 Å². The van der Waals surface area contributed by atoms with Crippen molar-refractivity contribution in [2.24, 2.45) is 0 Å². The van der Waals surface area contributed by atoms with Gasteiger partial charge in [0.05, 0.1) is 0 Å². The molecule has 0 amide bonds. The summed E-state index contributed by atoms with van der Waals surface area (Å²) in [5, 5.41) is 0. The number of hydrogen-bond acceptors (Lipinski definition) is 0. The summed E-state index contributed by atoms with van der Waals surface area (Å²) in [7, 11) is 0. The van der Waals surface area contributed by atoms with E-state index in [0.717, 1.165) is 29.6 Å². The predicted molar refractivity (Wildman–Crippen MR) is 87.0 cm³/mol. The van der Waals surface area contributed by atoms with Gasteiger partial charge in [-0.25, -0.2) is 0 Å². The average molecular weight is 250 g/mol. The normalized spacial score (nSPS) is 15.2. The fourth-order valence-corrected chi connectivity index (χ4v) is 1.72. The SMILES string of the molecule is C=C/C=C\C(=C)C(=C)/C=C\C(=C)C1=CC=C(C)CC1. The molecule has 19 heavy (non-hydrogen) atoms. The van der Waals surface area contributed by atoms with Crippen molar-refractivity contribution >= 4 is 0 Å². The number of hydrogen-bond donors (Lipinski definition) is 0. The molecule has 0 heteroatoms. The van der Waals surface area contributed by atoms with Crippen LogP contribution in [-0.2, 0) is 0 Å². The lowest BCUT2D eigenvalue weighted by Crippen LogP contribution is -1.92. The summed E-state index contributed by atoms with van der Waals surface area (Å²) in [5.74, 6) is 0. The lowest BCUT2D eigenvalue weighted by molar-refractivity contribution is 0.919. The van der Waals surface area contributed by atoms with Crippen LogP contribution in [0.1, 0.15) is 19.8 Å². The Morgan fingerprint density at radius 2 is 1.68 bits per heavy atom. The molecule has 0 radical (unpaired) electrons. The minimum Gasteiger partial charge on any atom is -0.0991 e. The van der Waals surface area contributed by atoms with Gasteiger partial charge in [0.1, 0.15) is 0 Å². The molecular formula is C19H22. The molecule has 0 atom stereocenters. The van der Waals surface area contributed by atoms with Crippen molar-refractivity contribution in [3.05, 3.63) is 96.7 Å². The van der Waals surface area contributed by atoms with Gasteiger partial charge in [0.25, 0.3) is 0 Å². The first-order chi connectivity index (χ1) is 9.04. The maximum absolute atomic E-state index is 4.11. The standard InChI is InChI=1S/C19H22/c1-6-7-8-16(3)17(4)11-12-18(5)19-13-9-15(2)10-14-19/h6-9,11-13H,1,3-5,10,14H2,2H3/b8-7-,12-11-. The molecule has 1 rings (SSSR count).